The van der Waals surface area contributed by atoms with Crippen LogP contribution < -0.4 is 10.6 Å². The van der Waals surface area contributed by atoms with Crippen LogP contribution in [0.2, 0.25) is 0 Å². The number of carbonyl (C=O) groups is 2. The molecule has 0 atom stereocenters. The van der Waals surface area contributed by atoms with Gasteiger partial charge in [-0.25, -0.2) is 0 Å². The highest BCUT2D eigenvalue weighted by atomic mass is 16.2. The van der Waals surface area contributed by atoms with Gasteiger partial charge in [0.2, 0.25) is 0 Å². The maximum atomic E-state index is 12.5. The third kappa shape index (κ3) is 4.29. The Morgan fingerprint density at radius 3 is 2.67 bits per heavy atom. The number of benzene rings is 1. The number of carbonyl (C=O) groups excluding carboxylic acids is 2. The van der Waals surface area contributed by atoms with Gasteiger partial charge < -0.3 is 10.6 Å². The van der Waals surface area contributed by atoms with Crippen molar-refractivity contribution in [3.63, 3.8) is 0 Å². The minimum Gasteiger partial charge on any atom is -0.347 e. The van der Waals surface area contributed by atoms with Crippen molar-refractivity contribution < 1.29 is 9.59 Å². The molecule has 0 radical (unpaired) electrons. The zero-order chi connectivity index (χ0) is 17.5. The van der Waals surface area contributed by atoms with Gasteiger partial charge in [0.05, 0.1) is 0 Å². The molecule has 1 aromatic heterocycles. The molecule has 0 aliphatic heterocycles. The molecule has 0 aliphatic carbocycles. The van der Waals surface area contributed by atoms with Crippen molar-refractivity contribution in [3.05, 3.63) is 72.1 Å². The summed E-state index contributed by atoms with van der Waals surface area (Å²) in [5, 5.41) is 5.54. The van der Waals surface area contributed by atoms with Crippen LogP contribution in [0.3, 0.4) is 0 Å². The van der Waals surface area contributed by atoms with Crippen LogP contribution in [0.1, 0.15) is 46.2 Å². The molecule has 124 valence electrons. The van der Waals surface area contributed by atoms with E-state index in [1.807, 2.05) is 24.3 Å². The Morgan fingerprint density at radius 1 is 1.21 bits per heavy atom. The van der Waals surface area contributed by atoms with Crippen molar-refractivity contribution in [2.45, 2.75) is 19.8 Å². The highest BCUT2D eigenvalue weighted by Gasteiger charge is 2.13. The largest absolute Gasteiger partial charge is 0.347 e. The van der Waals surface area contributed by atoms with Gasteiger partial charge in [0.15, 0.2) is 0 Å². The number of pyridine rings is 1. The lowest BCUT2D eigenvalue weighted by molar-refractivity contribution is 0.0953. The number of aromatic nitrogens is 1. The van der Waals surface area contributed by atoms with E-state index < -0.39 is 0 Å². The zero-order valence-electron chi connectivity index (χ0n) is 13.9. The number of nitrogens with one attached hydrogen (secondary N) is 2. The molecule has 5 nitrogen and oxygen atoms in total. The van der Waals surface area contributed by atoms with Crippen LogP contribution in [-0.4, -0.2) is 23.3 Å². The van der Waals surface area contributed by atoms with E-state index in [0.29, 0.717) is 18.0 Å². The zero-order valence-corrected chi connectivity index (χ0v) is 13.9. The average Bonchev–Trinajstić information content (AvgIpc) is 2.60. The number of amides is 2. The molecule has 2 rings (SSSR count). The van der Waals surface area contributed by atoms with Crippen molar-refractivity contribution in [1.29, 1.82) is 0 Å². The number of para-hydroxylation sites is 1. The highest BCUT2D eigenvalue weighted by Crippen LogP contribution is 2.24. The van der Waals surface area contributed by atoms with Crippen molar-refractivity contribution >= 4 is 17.5 Å². The fraction of sp³-hybridized carbons (Fsp3) is 0.211. The number of hydrogen-bond donors (Lipinski definition) is 2. The van der Waals surface area contributed by atoms with E-state index in [4.69, 9.17) is 0 Å². The Bertz CT molecular complexity index is 754. The lowest BCUT2D eigenvalue weighted by Crippen LogP contribution is -2.24. The van der Waals surface area contributed by atoms with Gasteiger partial charge in [0.1, 0.15) is 5.69 Å². The van der Waals surface area contributed by atoms with Gasteiger partial charge in [-0.15, -0.1) is 6.58 Å². The fourth-order valence-corrected chi connectivity index (χ4v) is 2.26. The first kappa shape index (κ1) is 17.4. The van der Waals surface area contributed by atoms with Crippen LogP contribution in [0, 0.1) is 0 Å². The van der Waals surface area contributed by atoms with E-state index in [1.54, 1.807) is 12.1 Å². The third-order valence-corrected chi connectivity index (χ3v) is 3.49. The lowest BCUT2D eigenvalue weighted by Gasteiger charge is -2.13. The molecular weight excluding hydrogens is 302 g/mol. The van der Waals surface area contributed by atoms with Gasteiger partial charge in [0, 0.05) is 24.0 Å². The van der Waals surface area contributed by atoms with Gasteiger partial charge >= 0.3 is 0 Å². The van der Waals surface area contributed by atoms with Crippen LogP contribution in [0.5, 0.6) is 0 Å². The number of nitrogens with zero attached hydrogens (tertiary/aromatic N) is 1. The Labute approximate surface area is 141 Å². The van der Waals surface area contributed by atoms with E-state index in [1.165, 1.54) is 12.3 Å². The fourth-order valence-electron chi connectivity index (χ4n) is 2.26. The number of hydrogen-bond acceptors (Lipinski definition) is 3. The number of rotatable bonds is 6. The van der Waals surface area contributed by atoms with Gasteiger partial charge in [0.25, 0.3) is 11.8 Å². The summed E-state index contributed by atoms with van der Waals surface area (Å²) in [6, 6.07) is 10.7. The normalized spacial score (nSPS) is 10.3. The van der Waals surface area contributed by atoms with Gasteiger partial charge in [-0.3, -0.25) is 14.6 Å². The van der Waals surface area contributed by atoms with Crippen LogP contribution in [-0.2, 0) is 0 Å². The van der Waals surface area contributed by atoms with Gasteiger partial charge in [-0.2, -0.15) is 0 Å². The SMILES string of the molecule is C=CCNC(=O)c1cc(C(=O)Nc2ccccc2C(C)C)ccn1. The summed E-state index contributed by atoms with van der Waals surface area (Å²) >= 11 is 0. The molecule has 5 heteroatoms. The molecule has 1 aromatic carbocycles. The van der Waals surface area contributed by atoms with E-state index in [-0.39, 0.29) is 17.5 Å². The minimum atomic E-state index is -0.341. The summed E-state index contributed by atoms with van der Waals surface area (Å²) in [5.74, 6) is -0.324. The second-order valence-electron chi connectivity index (χ2n) is 5.62. The summed E-state index contributed by atoms with van der Waals surface area (Å²) in [7, 11) is 0. The van der Waals surface area contributed by atoms with E-state index >= 15 is 0 Å². The third-order valence-electron chi connectivity index (χ3n) is 3.49. The maximum Gasteiger partial charge on any atom is 0.270 e. The molecule has 1 heterocycles. The Hall–Kier alpha value is -2.95. The molecule has 0 saturated carbocycles. The minimum absolute atomic E-state index is 0.196. The van der Waals surface area contributed by atoms with Crippen LogP contribution in [0.4, 0.5) is 5.69 Å². The monoisotopic (exact) mass is 323 g/mol. The first-order valence-electron chi connectivity index (χ1n) is 7.78. The first-order valence-corrected chi connectivity index (χ1v) is 7.78. The maximum absolute atomic E-state index is 12.5. The van der Waals surface area contributed by atoms with Crippen LogP contribution in [0.25, 0.3) is 0 Å². The molecule has 0 bridgehead atoms. The lowest BCUT2D eigenvalue weighted by atomic mass is 10.0. The van der Waals surface area contributed by atoms with E-state index in [9.17, 15) is 9.59 Å². The van der Waals surface area contributed by atoms with E-state index in [2.05, 4.69) is 36.0 Å². The van der Waals surface area contributed by atoms with Crippen molar-refractivity contribution in [2.24, 2.45) is 0 Å². The standard InChI is InChI=1S/C19H21N3O2/c1-4-10-21-19(24)17-12-14(9-11-20-17)18(23)22-16-8-6-5-7-15(16)13(2)3/h4-9,11-13H,1,10H2,2-3H3,(H,21,24)(H,22,23). The Kier molecular flexibility index (Phi) is 5.84. The van der Waals surface area contributed by atoms with Crippen molar-refractivity contribution in [1.82, 2.24) is 10.3 Å². The van der Waals surface area contributed by atoms with Gasteiger partial charge in [-0.05, 0) is 29.7 Å². The summed E-state index contributed by atoms with van der Waals surface area (Å²) in [6.45, 7) is 8.03. The highest BCUT2D eigenvalue weighted by molar-refractivity contribution is 6.06. The Morgan fingerprint density at radius 2 is 1.96 bits per heavy atom. The molecule has 2 N–H and O–H groups in total. The molecule has 0 aliphatic rings. The molecule has 24 heavy (non-hydrogen) atoms. The number of anilines is 1. The predicted octanol–water partition coefficient (Wildman–Crippen LogP) is 3.37. The molecule has 0 fully saturated rings. The molecule has 2 aromatic rings. The topological polar surface area (TPSA) is 71.1 Å². The first-order chi connectivity index (χ1) is 11.5. The Balaban J connectivity index is 2.19. The predicted molar refractivity (Wildman–Crippen MR) is 95.3 cm³/mol. The van der Waals surface area contributed by atoms with Crippen LogP contribution >= 0.6 is 0 Å². The smallest absolute Gasteiger partial charge is 0.270 e. The molecule has 2 amide bonds. The summed E-state index contributed by atoms with van der Waals surface area (Å²) < 4.78 is 0. The summed E-state index contributed by atoms with van der Waals surface area (Å²) in [4.78, 5) is 28.4. The van der Waals surface area contributed by atoms with E-state index in [0.717, 1.165) is 11.3 Å². The summed E-state index contributed by atoms with van der Waals surface area (Å²) in [6.07, 6.45) is 3.03. The molecule has 0 spiro atoms. The van der Waals surface area contributed by atoms with Crippen molar-refractivity contribution in [3.8, 4) is 0 Å². The second kappa shape index (κ2) is 8.06. The molecule has 0 unspecified atom stereocenters. The van der Waals surface area contributed by atoms with Crippen LogP contribution in [0.15, 0.2) is 55.3 Å². The van der Waals surface area contributed by atoms with Gasteiger partial charge in [-0.1, -0.05) is 38.1 Å². The summed E-state index contributed by atoms with van der Waals surface area (Å²) in [5.41, 5.74) is 2.41. The quantitative estimate of drug-likeness (QED) is 0.801. The second-order valence-corrected chi connectivity index (χ2v) is 5.62. The average molecular weight is 323 g/mol. The molecular formula is C19H21N3O2. The molecule has 0 saturated heterocycles. The van der Waals surface area contributed by atoms with Crippen molar-refractivity contribution in [2.75, 3.05) is 11.9 Å².